The number of rotatable bonds is 3. The molecule has 0 saturated heterocycles. The van der Waals surface area contributed by atoms with Crippen molar-refractivity contribution in [2.45, 2.75) is 52.1 Å². The molecule has 0 radical (unpaired) electrons. The van der Waals surface area contributed by atoms with E-state index in [0.29, 0.717) is 25.7 Å². The Balaban J connectivity index is 1.80. The molecule has 3 rings (SSSR count). The van der Waals surface area contributed by atoms with Gasteiger partial charge in [0.25, 0.3) is 0 Å². The van der Waals surface area contributed by atoms with E-state index in [1.165, 1.54) is 0 Å². The lowest BCUT2D eigenvalue weighted by Gasteiger charge is -2.43. The molecule has 4 atom stereocenters. The van der Waals surface area contributed by atoms with Gasteiger partial charge in [-0.05, 0) is 62.3 Å². The van der Waals surface area contributed by atoms with Crippen LogP contribution in [0.25, 0.3) is 0 Å². The van der Waals surface area contributed by atoms with E-state index >= 15 is 0 Å². The third-order valence-electron chi connectivity index (χ3n) is 6.10. The number of aryl methyl sites for hydroxylation is 2. The maximum atomic E-state index is 12.4. The third-order valence-corrected chi connectivity index (χ3v) is 6.10. The zero-order chi connectivity index (χ0) is 16.8. The number of phenols is 1. The minimum atomic E-state index is -0.839. The third kappa shape index (κ3) is 2.59. The Kier molecular flexibility index (Phi) is 4.05. The number of aliphatic hydroxyl groups is 1. The van der Waals surface area contributed by atoms with Gasteiger partial charge in [-0.25, -0.2) is 0 Å². The molecule has 124 valence electrons. The Bertz CT molecular complexity index is 651. The first-order valence-electron chi connectivity index (χ1n) is 8.36. The van der Waals surface area contributed by atoms with Crippen LogP contribution in [0, 0.1) is 24.2 Å². The molecule has 2 fully saturated rings. The van der Waals surface area contributed by atoms with Crippen molar-refractivity contribution in [2.24, 2.45) is 17.3 Å². The normalized spacial score (nSPS) is 33.8. The second kappa shape index (κ2) is 5.75. The number of ketones is 2. The van der Waals surface area contributed by atoms with Gasteiger partial charge in [-0.2, -0.15) is 0 Å². The Hall–Kier alpha value is -1.68. The molecule has 0 bridgehead atoms. The summed E-state index contributed by atoms with van der Waals surface area (Å²) in [4.78, 5) is 24.7. The summed E-state index contributed by atoms with van der Waals surface area (Å²) in [5.74, 6) is 0.186. The molecule has 2 aliphatic rings. The lowest BCUT2D eigenvalue weighted by molar-refractivity contribution is -0.149. The highest BCUT2D eigenvalue weighted by Gasteiger charge is 2.58. The van der Waals surface area contributed by atoms with Crippen molar-refractivity contribution in [3.63, 3.8) is 0 Å². The first-order valence-corrected chi connectivity index (χ1v) is 8.36. The average molecular weight is 316 g/mol. The first kappa shape index (κ1) is 16.2. The Labute approximate surface area is 136 Å². The lowest BCUT2D eigenvalue weighted by Crippen LogP contribution is -2.51. The average Bonchev–Trinajstić information content (AvgIpc) is 2.80. The molecule has 0 aromatic heterocycles. The second-order valence-corrected chi connectivity index (χ2v) is 7.29. The molecule has 2 N–H and O–H groups in total. The predicted octanol–water partition coefficient (Wildman–Crippen LogP) is 2.57. The molecular weight excluding hydrogens is 292 g/mol. The number of fused-ring (bicyclic) bond motifs is 1. The number of hydrogen-bond acceptors (Lipinski definition) is 4. The summed E-state index contributed by atoms with van der Waals surface area (Å²) < 4.78 is 0. The number of hydrogen-bond donors (Lipinski definition) is 2. The lowest BCUT2D eigenvalue weighted by atomic mass is 9.61. The van der Waals surface area contributed by atoms with Gasteiger partial charge in [0, 0.05) is 18.8 Å². The van der Waals surface area contributed by atoms with Crippen molar-refractivity contribution in [3.05, 3.63) is 29.3 Å². The molecule has 0 amide bonds. The van der Waals surface area contributed by atoms with E-state index < -0.39 is 11.5 Å². The molecule has 23 heavy (non-hydrogen) atoms. The standard InChI is InChI=1S/C19H24O4/c1-11-3-5-13(20)9-12(11)4-6-14-15-7-8-17(22)19(15,2)18(23)10-16(14)21/h3,5,9,14-15,18,20,23H,4,6-8,10H2,1-2H3/t14?,15-,18+,19-/m0/s1. The van der Waals surface area contributed by atoms with E-state index in [2.05, 4.69) is 0 Å². The van der Waals surface area contributed by atoms with Gasteiger partial charge in [0.1, 0.15) is 17.3 Å². The Morgan fingerprint density at radius 3 is 2.78 bits per heavy atom. The van der Waals surface area contributed by atoms with E-state index in [9.17, 15) is 19.8 Å². The first-order chi connectivity index (χ1) is 10.8. The van der Waals surface area contributed by atoms with Gasteiger partial charge >= 0.3 is 0 Å². The van der Waals surface area contributed by atoms with Gasteiger partial charge in [0.2, 0.25) is 0 Å². The van der Waals surface area contributed by atoms with Crippen LogP contribution in [-0.4, -0.2) is 27.9 Å². The van der Waals surface area contributed by atoms with Crippen LogP contribution in [0.1, 0.15) is 43.7 Å². The highest BCUT2D eigenvalue weighted by Crippen LogP contribution is 2.52. The summed E-state index contributed by atoms with van der Waals surface area (Å²) >= 11 is 0. The Morgan fingerprint density at radius 1 is 1.30 bits per heavy atom. The number of carbonyl (C=O) groups is 2. The molecule has 1 unspecified atom stereocenters. The zero-order valence-electron chi connectivity index (χ0n) is 13.7. The van der Waals surface area contributed by atoms with Gasteiger partial charge in [0.05, 0.1) is 11.5 Å². The zero-order valence-corrected chi connectivity index (χ0v) is 13.7. The molecule has 4 heteroatoms. The number of benzene rings is 1. The van der Waals surface area contributed by atoms with E-state index in [-0.39, 0.29) is 35.6 Å². The van der Waals surface area contributed by atoms with Gasteiger partial charge < -0.3 is 10.2 Å². The second-order valence-electron chi connectivity index (χ2n) is 7.29. The molecule has 4 nitrogen and oxygen atoms in total. The predicted molar refractivity (Wildman–Crippen MR) is 86.1 cm³/mol. The van der Waals surface area contributed by atoms with Crippen LogP contribution >= 0.6 is 0 Å². The van der Waals surface area contributed by atoms with Crippen molar-refractivity contribution >= 4 is 11.6 Å². The summed E-state index contributed by atoms with van der Waals surface area (Å²) in [6, 6.07) is 5.28. The molecule has 0 heterocycles. The van der Waals surface area contributed by atoms with Crippen molar-refractivity contribution in [1.29, 1.82) is 0 Å². The molecule has 1 aromatic carbocycles. The fourth-order valence-electron chi connectivity index (χ4n) is 4.49. The summed E-state index contributed by atoms with van der Waals surface area (Å²) in [6.07, 6.45) is 1.78. The van der Waals surface area contributed by atoms with E-state index in [0.717, 1.165) is 11.1 Å². The highest BCUT2D eigenvalue weighted by molar-refractivity contribution is 5.93. The van der Waals surface area contributed by atoms with Crippen molar-refractivity contribution in [2.75, 3.05) is 0 Å². The number of aromatic hydroxyl groups is 1. The molecule has 0 aliphatic heterocycles. The molecule has 2 saturated carbocycles. The molecule has 2 aliphatic carbocycles. The monoisotopic (exact) mass is 316 g/mol. The van der Waals surface area contributed by atoms with Gasteiger partial charge in [-0.3, -0.25) is 9.59 Å². The van der Waals surface area contributed by atoms with Crippen LogP contribution in [0.2, 0.25) is 0 Å². The minimum absolute atomic E-state index is 0.0520. The summed E-state index contributed by atoms with van der Waals surface area (Å²) in [6.45, 7) is 3.82. The van der Waals surface area contributed by atoms with Gasteiger partial charge in [-0.1, -0.05) is 6.07 Å². The maximum Gasteiger partial charge on any atom is 0.141 e. The molecule has 0 spiro atoms. The minimum Gasteiger partial charge on any atom is -0.508 e. The molecule has 1 aromatic rings. The van der Waals surface area contributed by atoms with Crippen LogP contribution in [0.15, 0.2) is 18.2 Å². The highest BCUT2D eigenvalue weighted by atomic mass is 16.3. The van der Waals surface area contributed by atoms with Crippen LogP contribution in [0.4, 0.5) is 0 Å². The SMILES string of the molecule is Cc1ccc(O)cc1CCC1C(=O)C[C@@H](O)[C@]2(C)C(=O)CC[C@@H]12. The van der Waals surface area contributed by atoms with Crippen LogP contribution in [-0.2, 0) is 16.0 Å². The fourth-order valence-corrected chi connectivity index (χ4v) is 4.49. The quantitative estimate of drug-likeness (QED) is 0.899. The van der Waals surface area contributed by atoms with Gasteiger partial charge in [0.15, 0.2) is 0 Å². The van der Waals surface area contributed by atoms with Crippen molar-refractivity contribution in [3.8, 4) is 5.75 Å². The van der Waals surface area contributed by atoms with E-state index in [1.807, 2.05) is 19.9 Å². The van der Waals surface area contributed by atoms with Crippen molar-refractivity contribution < 1.29 is 19.8 Å². The van der Waals surface area contributed by atoms with Gasteiger partial charge in [-0.15, -0.1) is 0 Å². The summed E-state index contributed by atoms with van der Waals surface area (Å²) in [5.41, 5.74) is 1.37. The van der Waals surface area contributed by atoms with Crippen molar-refractivity contribution in [1.82, 2.24) is 0 Å². The number of aliphatic hydroxyl groups excluding tert-OH is 1. The number of Topliss-reactive ketones (excluding diaryl/α,β-unsaturated/α-hetero) is 2. The smallest absolute Gasteiger partial charge is 0.141 e. The van der Waals surface area contributed by atoms with E-state index in [1.54, 1.807) is 12.1 Å². The van der Waals surface area contributed by atoms with Crippen LogP contribution in [0.5, 0.6) is 5.75 Å². The largest absolute Gasteiger partial charge is 0.508 e. The number of carbonyl (C=O) groups excluding carboxylic acids is 2. The van der Waals surface area contributed by atoms with Crippen LogP contribution < -0.4 is 0 Å². The fraction of sp³-hybridized carbons (Fsp3) is 0.579. The van der Waals surface area contributed by atoms with E-state index in [4.69, 9.17) is 0 Å². The maximum absolute atomic E-state index is 12.4. The Morgan fingerprint density at radius 2 is 2.04 bits per heavy atom. The number of phenolic OH excluding ortho intramolecular Hbond substituents is 1. The molecular formula is C19H24O4. The van der Waals surface area contributed by atoms with Crippen LogP contribution in [0.3, 0.4) is 0 Å². The topological polar surface area (TPSA) is 74.6 Å². The summed E-state index contributed by atoms with van der Waals surface area (Å²) in [5, 5.41) is 19.9. The summed E-state index contributed by atoms with van der Waals surface area (Å²) in [7, 11) is 0.